The van der Waals surface area contributed by atoms with Gasteiger partial charge in [0, 0.05) is 24.5 Å². The minimum atomic E-state index is -2.00. The number of carbonyl (C=O) groups excluding carboxylic acids is 1. The second kappa shape index (κ2) is 8.16. The Morgan fingerprint density at radius 3 is 2.62 bits per heavy atom. The molecule has 1 aromatic carbocycles. The van der Waals surface area contributed by atoms with Gasteiger partial charge in [-0.05, 0) is 48.5 Å². The minimum Gasteiger partial charge on any atom is -0.397 e. The number of carbonyl (C=O) groups is 1. The van der Waals surface area contributed by atoms with Gasteiger partial charge >= 0.3 is 0 Å². The number of aromatic nitrogens is 3. The molecule has 2 heterocycles. The molecule has 156 valence electrons. The molecule has 1 atom stereocenters. The van der Waals surface area contributed by atoms with Crippen LogP contribution in [0.4, 0.5) is 0 Å². The summed E-state index contributed by atoms with van der Waals surface area (Å²) in [5.74, 6) is -0.520. The number of rotatable bonds is 8. The van der Waals surface area contributed by atoms with Crippen molar-refractivity contribution in [2.75, 3.05) is 0 Å². The SMILES string of the molecule is CC(C)(C)[Si](C)(C)OC(CCCn1ccc2ccccc21)n1cnc(C(N)=O)c1. The van der Waals surface area contributed by atoms with E-state index in [4.69, 9.17) is 10.2 Å². The molecule has 0 aliphatic rings. The lowest BCUT2D eigenvalue weighted by atomic mass is 10.2. The van der Waals surface area contributed by atoms with Gasteiger partial charge in [0.1, 0.15) is 11.9 Å². The Morgan fingerprint density at radius 2 is 1.97 bits per heavy atom. The molecule has 3 aromatic rings. The highest BCUT2D eigenvalue weighted by Crippen LogP contribution is 2.39. The van der Waals surface area contributed by atoms with Gasteiger partial charge in [0.05, 0.1) is 6.33 Å². The third kappa shape index (κ3) is 4.79. The predicted octanol–water partition coefficient (Wildman–Crippen LogP) is 4.94. The van der Waals surface area contributed by atoms with E-state index >= 15 is 0 Å². The number of nitrogens with zero attached hydrogens (tertiary/aromatic N) is 3. The van der Waals surface area contributed by atoms with Crippen LogP contribution in [-0.2, 0) is 11.0 Å². The predicted molar refractivity (Wildman–Crippen MR) is 119 cm³/mol. The first-order valence-corrected chi connectivity index (χ1v) is 13.0. The smallest absolute Gasteiger partial charge is 0.268 e. The van der Waals surface area contributed by atoms with Crippen LogP contribution >= 0.6 is 0 Å². The fraction of sp³-hybridized carbons (Fsp3) is 0.455. The van der Waals surface area contributed by atoms with Crippen LogP contribution in [0.15, 0.2) is 49.1 Å². The van der Waals surface area contributed by atoms with E-state index < -0.39 is 14.2 Å². The standard InChI is InChI=1S/C22H32N4O2Si/c1-22(2,3)29(4,5)28-20(26-15-18(21(23)27)24-16-26)11-8-13-25-14-12-17-9-6-7-10-19(17)25/h6-7,9-10,12,14-16,20H,8,11,13H2,1-5H3,(H2,23,27). The number of imidazole rings is 1. The zero-order chi connectivity index (χ0) is 21.2. The summed E-state index contributed by atoms with van der Waals surface area (Å²) in [6.45, 7) is 12.1. The van der Waals surface area contributed by atoms with E-state index in [1.165, 1.54) is 10.9 Å². The Balaban J connectivity index is 1.76. The molecule has 0 fully saturated rings. The van der Waals surface area contributed by atoms with Gasteiger partial charge in [0.2, 0.25) is 0 Å². The maximum atomic E-state index is 11.5. The molecule has 0 saturated heterocycles. The van der Waals surface area contributed by atoms with Crippen molar-refractivity contribution < 1.29 is 9.22 Å². The highest BCUT2D eigenvalue weighted by Gasteiger charge is 2.39. The van der Waals surface area contributed by atoms with Crippen molar-refractivity contribution >= 4 is 25.1 Å². The zero-order valence-electron chi connectivity index (χ0n) is 18.1. The van der Waals surface area contributed by atoms with Gasteiger partial charge in [0.25, 0.3) is 5.91 Å². The van der Waals surface area contributed by atoms with E-state index in [0.29, 0.717) is 0 Å². The maximum Gasteiger partial charge on any atom is 0.268 e. The van der Waals surface area contributed by atoms with Crippen molar-refractivity contribution in [3.8, 4) is 0 Å². The number of para-hydroxylation sites is 1. The number of amides is 1. The van der Waals surface area contributed by atoms with Crippen molar-refractivity contribution in [3.63, 3.8) is 0 Å². The monoisotopic (exact) mass is 412 g/mol. The van der Waals surface area contributed by atoms with Crippen LogP contribution in [0, 0.1) is 0 Å². The number of nitrogens with two attached hydrogens (primary N) is 1. The van der Waals surface area contributed by atoms with Crippen molar-refractivity contribution in [2.24, 2.45) is 5.73 Å². The molecule has 2 aromatic heterocycles. The maximum absolute atomic E-state index is 11.5. The molecule has 0 spiro atoms. The van der Waals surface area contributed by atoms with Crippen LogP contribution in [0.5, 0.6) is 0 Å². The van der Waals surface area contributed by atoms with Crippen LogP contribution in [0.3, 0.4) is 0 Å². The van der Waals surface area contributed by atoms with E-state index in [2.05, 4.69) is 79.9 Å². The molecular formula is C22H32N4O2Si. The normalized spacial score (nSPS) is 13.7. The molecule has 1 unspecified atom stereocenters. The first-order valence-electron chi connectivity index (χ1n) is 10.1. The quantitative estimate of drug-likeness (QED) is 0.533. The van der Waals surface area contributed by atoms with Gasteiger partial charge in [-0.1, -0.05) is 39.0 Å². The van der Waals surface area contributed by atoms with Crippen molar-refractivity contribution in [1.82, 2.24) is 14.1 Å². The second-order valence-electron chi connectivity index (χ2n) is 9.11. The highest BCUT2D eigenvalue weighted by atomic mass is 28.4. The van der Waals surface area contributed by atoms with Gasteiger partial charge in [-0.15, -0.1) is 0 Å². The fourth-order valence-electron chi connectivity index (χ4n) is 3.18. The van der Waals surface area contributed by atoms with Gasteiger partial charge in [0.15, 0.2) is 8.32 Å². The lowest BCUT2D eigenvalue weighted by Crippen LogP contribution is -2.42. The first kappa shape index (κ1) is 21.3. The van der Waals surface area contributed by atoms with Gasteiger partial charge < -0.3 is 19.3 Å². The van der Waals surface area contributed by atoms with E-state index in [9.17, 15) is 4.79 Å². The summed E-state index contributed by atoms with van der Waals surface area (Å²) in [7, 11) is -2.00. The molecule has 3 rings (SSSR count). The van der Waals surface area contributed by atoms with Gasteiger partial charge in [-0.2, -0.15) is 0 Å². The van der Waals surface area contributed by atoms with Crippen LogP contribution in [0.2, 0.25) is 18.1 Å². The fourth-order valence-corrected chi connectivity index (χ4v) is 4.45. The number of fused-ring (bicyclic) bond motifs is 1. The number of benzene rings is 1. The summed E-state index contributed by atoms with van der Waals surface area (Å²) in [5.41, 5.74) is 6.90. The average Bonchev–Trinajstić information content (AvgIpc) is 3.27. The van der Waals surface area contributed by atoms with E-state index in [0.717, 1.165) is 19.4 Å². The molecule has 7 heteroatoms. The number of hydrogen-bond donors (Lipinski definition) is 1. The molecule has 0 bridgehead atoms. The van der Waals surface area contributed by atoms with Gasteiger partial charge in [-0.25, -0.2) is 4.98 Å². The lowest BCUT2D eigenvalue weighted by molar-refractivity contribution is 0.0984. The molecule has 0 radical (unpaired) electrons. The molecule has 1 amide bonds. The van der Waals surface area contributed by atoms with Crippen LogP contribution < -0.4 is 5.73 Å². The minimum absolute atomic E-state index is 0.0922. The largest absolute Gasteiger partial charge is 0.397 e. The summed E-state index contributed by atoms with van der Waals surface area (Å²) in [5, 5.41) is 1.34. The summed E-state index contributed by atoms with van der Waals surface area (Å²) < 4.78 is 10.9. The molecule has 6 nitrogen and oxygen atoms in total. The summed E-state index contributed by atoms with van der Waals surface area (Å²) in [4.78, 5) is 15.6. The Kier molecular flexibility index (Phi) is 6.00. The summed E-state index contributed by atoms with van der Waals surface area (Å²) in [6.07, 6.45) is 7.10. The molecule has 0 saturated carbocycles. The van der Waals surface area contributed by atoms with Crippen LogP contribution in [0.25, 0.3) is 10.9 Å². The van der Waals surface area contributed by atoms with E-state index in [1.54, 1.807) is 12.5 Å². The first-order chi connectivity index (χ1) is 13.6. The van der Waals surface area contributed by atoms with Crippen LogP contribution in [-0.4, -0.2) is 28.3 Å². The Bertz CT molecular complexity index is 984. The van der Waals surface area contributed by atoms with E-state index in [1.807, 2.05) is 4.57 Å². The molecule has 0 aliphatic heterocycles. The average molecular weight is 413 g/mol. The van der Waals surface area contributed by atoms with Crippen molar-refractivity contribution in [1.29, 1.82) is 0 Å². The van der Waals surface area contributed by atoms with Crippen molar-refractivity contribution in [2.45, 2.75) is 64.5 Å². The van der Waals surface area contributed by atoms with Crippen LogP contribution in [0.1, 0.15) is 50.3 Å². The topological polar surface area (TPSA) is 75.1 Å². The molecule has 2 N–H and O–H groups in total. The second-order valence-corrected chi connectivity index (χ2v) is 13.9. The Morgan fingerprint density at radius 1 is 1.24 bits per heavy atom. The molecular weight excluding hydrogens is 380 g/mol. The number of primary amides is 1. The third-order valence-electron chi connectivity index (χ3n) is 5.95. The number of hydrogen-bond acceptors (Lipinski definition) is 3. The summed E-state index contributed by atoms with van der Waals surface area (Å²) >= 11 is 0. The van der Waals surface area contributed by atoms with Gasteiger partial charge in [-0.3, -0.25) is 4.79 Å². The Hall–Kier alpha value is -2.38. The highest BCUT2D eigenvalue weighted by molar-refractivity contribution is 6.74. The van der Waals surface area contributed by atoms with Crippen molar-refractivity contribution in [3.05, 3.63) is 54.7 Å². The molecule has 0 aliphatic carbocycles. The zero-order valence-corrected chi connectivity index (χ0v) is 19.1. The lowest BCUT2D eigenvalue weighted by Gasteiger charge is -2.39. The summed E-state index contributed by atoms with van der Waals surface area (Å²) in [6, 6.07) is 10.6. The van der Waals surface area contributed by atoms with E-state index in [-0.39, 0.29) is 17.0 Å². The number of aryl methyl sites for hydroxylation is 1. The Labute approximate surface area is 173 Å². The molecule has 29 heavy (non-hydrogen) atoms. The third-order valence-corrected chi connectivity index (χ3v) is 10.4.